The molecule has 0 saturated heterocycles. The van der Waals surface area contributed by atoms with Crippen molar-refractivity contribution in [1.29, 1.82) is 0 Å². The first-order chi connectivity index (χ1) is 5.16. The fourth-order valence-corrected chi connectivity index (χ4v) is 0.693. The highest BCUT2D eigenvalue weighted by Crippen LogP contribution is 1.99. The van der Waals surface area contributed by atoms with Crippen LogP contribution in [0.25, 0.3) is 0 Å². The van der Waals surface area contributed by atoms with Crippen LogP contribution < -0.4 is 0 Å². The van der Waals surface area contributed by atoms with E-state index in [1.807, 2.05) is 13.8 Å². The molecule has 11 heavy (non-hydrogen) atoms. The minimum absolute atomic E-state index is 0.0465. The van der Waals surface area contributed by atoms with E-state index >= 15 is 0 Å². The largest absolute Gasteiger partial charge is 0.463 e. The molecule has 0 saturated carbocycles. The summed E-state index contributed by atoms with van der Waals surface area (Å²) >= 11 is 0. The number of hydrogen-bond donors (Lipinski definition) is 0. The van der Waals surface area contributed by atoms with Crippen molar-refractivity contribution in [2.24, 2.45) is 0 Å². The molecular weight excluding hydrogens is 144 g/mol. The zero-order chi connectivity index (χ0) is 8.69. The molecule has 3 nitrogen and oxygen atoms in total. The molecule has 0 amide bonds. The Morgan fingerprint density at radius 2 is 2.00 bits per heavy atom. The van der Waals surface area contributed by atoms with E-state index in [2.05, 4.69) is 0 Å². The second-order valence-electron chi connectivity index (χ2n) is 2.70. The van der Waals surface area contributed by atoms with Gasteiger partial charge in [0, 0.05) is 6.42 Å². The van der Waals surface area contributed by atoms with Crippen LogP contribution >= 0.6 is 0 Å². The van der Waals surface area contributed by atoms with Crippen LogP contribution in [0.4, 0.5) is 0 Å². The number of ether oxygens (including phenoxy) is 1. The van der Waals surface area contributed by atoms with Gasteiger partial charge in [-0.1, -0.05) is 0 Å². The Bertz CT molecular complexity index is 110. The molecule has 0 aliphatic rings. The average molecular weight is 159 g/mol. The first kappa shape index (κ1) is 10.4. The van der Waals surface area contributed by atoms with Gasteiger partial charge in [0.1, 0.15) is 0 Å². The van der Waals surface area contributed by atoms with Crippen LogP contribution in [0.15, 0.2) is 0 Å². The summed E-state index contributed by atoms with van der Waals surface area (Å²) in [5.74, 6) is -0.201. The zero-order valence-corrected chi connectivity index (χ0v) is 7.13. The summed E-state index contributed by atoms with van der Waals surface area (Å²) in [5, 5.41) is 9.98. The monoisotopic (exact) mass is 159 g/mol. The van der Waals surface area contributed by atoms with Crippen LogP contribution in [-0.4, -0.2) is 18.7 Å². The lowest BCUT2D eigenvalue weighted by Gasteiger charge is -2.06. The summed E-state index contributed by atoms with van der Waals surface area (Å²) < 4.78 is 4.86. The van der Waals surface area contributed by atoms with Crippen molar-refractivity contribution in [2.75, 3.05) is 6.61 Å². The molecule has 0 spiro atoms. The van der Waals surface area contributed by atoms with Crippen molar-refractivity contribution < 1.29 is 14.6 Å². The lowest BCUT2D eigenvalue weighted by atomic mass is 10.2. The molecule has 0 aliphatic carbocycles. The zero-order valence-electron chi connectivity index (χ0n) is 7.13. The lowest BCUT2D eigenvalue weighted by Crippen LogP contribution is -2.10. The Labute approximate surface area is 67.4 Å². The van der Waals surface area contributed by atoms with E-state index in [-0.39, 0.29) is 18.7 Å². The number of carbonyl (C=O) groups excluding carboxylic acids is 1. The van der Waals surface area contributed by atoms with Crippen molar-refractivity contribution in [3.05, 3.63) is 0 Å². The fourth-order valence-electron chi connectivity index (χ4n) is 0.693. The van der Waals surface area contributed by atoms with Gasteiger partial charge in [-0.05, 0) is 26.7 Å². The van der Waals surface area contributed by atoms with Crippen molar-refractivity contribution in [2.45, 2.75) is 39.2 Å². The van der Waals surface area contributed by atoms with Crippen LogP contribution in [0.1, 0.15) is 33.1 Å². The number of hydrogen-bond acceptors (Lipinski definition) is 2. The SMILES string of the molecule is CC(C)OC(=O)CCCC[O]. The second-order valence-corrected chi connectivity index (χ2v) is 2.70. The highest BCUT2D eigenvalue weighted by atomic mass is 16.5. The standard InChI is InChI=1S/C8H15O3/c1-7(2)11-8(10)5-3-4-6-9/h7H,3-6H2,1-2H3. The molecule has 0 aliphatic heterocycles. The molecule has 0 atom stereocenters. The Kier molecular flexibility index (Phi) is 5.84. The van der Waals surface area contributed by atoms with Gasteiger partial charge in [-0.2, -0.15) is 0 Å². The molecule has 3 heteroatoms. The Hall–Kier alpha value is -0.570. The van der Waals surface area contributed by atoms with Crippen molar-refractivity contribution in [1.82, 2.24) is 0 Å². The Morgan fingerprint density at radius 3 is 2.45 bits per heavy atom. The second kappa shape index (κ2) is 6.16. The van der Waals surface area contributed by atoms with Crippen molar-refractivity contribution in [3.63, 3.8) is 0 Å². The number of unbranched alkanes of at least 4 members (excludes halogenated alkanes) is 1. The Balaban J connectivity index is 3.23. The number of rotatable bonds is 5. The first-order valence-corrected chi connectivity index (χ1v) is 3.94. The van der Waals surface area contributed by atoms with Gasteiger partial charge in [-0.3, -0.25) is 4.79 Å². The first-order valence-electron chi connectivity index (χ1n) is 3.94. The summed E-state index contributed by atoms with van der Waals surface area (Å²) in [7, 11) is 0. The van der Waals surface area contributed by atoms with Gasteiger partial charge in [-0.15, -0.1) is 0 Å². The fraction of sp³-hybridized carbons (Fsp3) is 0.875. The van der Waals surface area contributed by atoms with E-state index < -0.39 is 0 Å². The minimum Gasteiger partial charge on any atom is -0.463 e. The number of esters is 1. The molecule has 0 heterocycles. The normalized spacial score (nSPS) is 10.2. The van der Waals surface area contributed by atoms with E-state index in [1.54, 1.807) is 0 Å². The molecule has 0 fully saturated rings. The molecule has 0 aromatic rings. The van der Waals surface area contributed by atoms with Crippen LogP contribution in [0.5, 0.6) is 0 Å². The molecule has 0 N–H and O–H groups in total. The molecule has 0 rings (SSSR count). The summed E-state index contributed by atoms with van der Waals surface area (Å²) in [5.41, 5.74) is 0. The third-order valence-electron chi connectivity index (χ3n) is 1.14. The summed E-state index contributed by atoms with van der Waals surface area (Å²) in [4.78, 5) is 10.8. The smallest absolute Gasteiger partial charge is 0.306 e. The highest BCUT2D eigenvalue weighted by molar-refractivity contribution is 5.69. The van der Waals surface area contributed by atoms with Crippen LogP contribution in [-0.2, 0) is 14.6 Å². The maximum atomic E-state index is 10.8. The predicted octanol–water partition coefficient (Wildman–Crippen LogP) is 1.54. The average Bonchev–Trinajstić information content (AvgIpc) is 1.86. The van der Waals surface area contributed by atoms with Gasteiger partial charge in [0.05, 0.1) is 12.7 Å². The van der Waals surface area contributed by atoms with Gasteiger partial charge in [0.15, 0.2) is 0 Å². The van der Waals surface area contributed by atoms with E-state index in [0.29, 0.717) is 19.3 Å². The third kappa shape index (κ3) is 7.33. The van der Waals surface area contributed by atoms with Crippen LogP contribution in [0, 0.1) is 0 Å². The van der Waals surface area contributed by atoms with Crippen LogP contribution in [0.3, 0.4) is 0 Å². The molecule has 0 aromatic carbocycles. The molecule has 0 unspecified atom stereocenters. The quantitative estimate of drug-likeness (QED) is 0.451. The van der Waals surface area contributed by atoms with Gasteiger partial charge in [0.25, 0.3) is 0 Å². The van der Waals surface area contributed by atoms with Gasteiger partial charge in [-0.25, -0.2) is 5.11 Å². The van der Waals surface area contributed by atoms with E-state index in [4.69, 9.17) is 4.74 Å². The van der Waals surface area contributed by atoms with E-state index in [9.17, 15) is 9.90 Å². The van der Waals surface area contributed by atoms with Crippen LogP contribution in [0.2, 0.25) is 0 Å². The van der Waals surface area contributed by atoms with E-state index in [0.717, 1.165) is 0 Å². The predicted molar refractivity (Wildman–Crippen MR) is 40.6 cm³/mol. The summed E-state index contributed by atoms with van der Waals surface area (Å²) in [6.45, 7) is 3.52. The minimum atomic E-state index is -0.201. The maximum Gasteiger partial charge on any atom is 0.306 e. The van der Waals surface area contributed by atoms with Crippen molar-refractivity contribution >= 4 is 5.97 Å². The molecule has 0 aromatic heterocycles. The highest BCUT2D eigenvalue weighted by Gasteiger charge is 2.03. The lowest BCUT2D eigenvalue weighted by molar-refractivity contribution is -0.147. The topological polar surface area (TPSA) is 46.2 Å². The summed E-state index contributed by atoms with van der Waals surface area (Å²) in [6.07, 6.45) is 1.54. The van der Waals surface area contributed by atoms with E-state index in [1.165, 1.54) is 0 Å². The Morgan fingerprint density at radius 1 is 1.36 bits per heavy atom. The maximum absolute atomic E-state index is 10.8. The molecular formula is C8H15O3. The summed E-state index contributed by atoms with van der Waals surface area (Å²) in [6, 6.07) is 0. The van der Waals surface area contributed by atoms with Crippen molar-refractivity contribution in [3.8, 4) is 0 Å². The van der Waals surface area contributed by atoms with Gasteiger partial charge in [0.2, 0.25) is 0 Å². The number of carbonyl (C=O) groups is 1. The molecule has 0 bridgehead atoms. The van der Waals surface area contributed by atoms with Gasteiger partial charge >= 0.3 is 5.97 Å². The molecule has 65 valence electrons. The van der Waals surface area contributed by atoms with Gasteiger partial charge < -0.3 is 4.74 Å². The third-order valence-corrected chi connectivity index (χ3v) is 1.14. The molecule has 1 radical (unpaired) electrons.